The first-order chi connectivity index (χ1) is 7.29. The molecule has 2 nitrogen and oxygen atoms in total. The van der Waals surface area contributed by atoms with Crippen LogP contribution in [0.15, 0.2) is 0 Å². The zero-order chi connectivity index (χ0) is 10.7. The minimum absolute atomic E-state index is 0.512. The minimum Gasteiger partial charge on any atom is -0.383 e. The first-order valence-corrected chi connectivity index (χ1v) is 6.54. The largest absolute Gasteiger partial charge is 0.383 e. The summed E-state index contributed by atoms with van der Waals surface area (Å²) in [6.07, 6.45) is 8.71. The second kappa shape index (κ2) is 5.31. The van der Waals surface area contributed by atoms with E-state index in [0.717, 1.165) is 24.5 Å². The highest BCUT2D eigenvalue weighted by Crippen LogP contribution is 2.43. The standard InChI is InChI=1S/C13H25NO/c1-10(9-15-2)14-13-5-3-4-12(8-13)11-6-7-11/h10-14H,3-9H2,1-2H3. The maximum absolute atomic E-state index is 5.17. The molecule has 0 spiro atoms. The second-order valence-corrected chi connectivity index (χ2v) is 5.48. The van der Waals surface area contributed by atoms with E-state index in [-0.39, 0.29) is 0 Å². The van der Waals surface area contributed by atoms with E-state index in [1.807, 2.05) is 0 Å². The third-order valence-electron chi connectivity index (χ3n) is 3.94. The molecule has 2 heteroatoms. The Morgan fingerprint density at radius 1 is 1.20 bits per heavy atom. The lowest BCUT2D eigenvalue weighted by Gasteiger charge is -2.32. The minimum atomic E-state index is 0.512. The Morgan fingerprint density at radius 3 is 2.67 bits per heavy atom. The SMILES string of the molecule is COCC(C)NC1CCCC(C2CC2)C1. The van der Waals surface area contributed by atoms with Gasteiger partial charge in [0.15, 0.2) is 0 Å². The van der Waals surface area contributed by atoms with Gasteiger partial charge in [0.2, 0.25) is 0 Å². The fourth-order valence-electron chi connectivity index (χ4n) is 3.08. The Hall–Kier alpha value is -0.0800. The van der Waals surface area contributed by atoms with Gasteiger partial charge in [0.1, 0.15) is 0 Å². The lowest BCUT2D eigenvalue weighted by atomic mass is 9.82. The van der Waals surface area contributed by atoms with E-state index in [9.17, 15) is 0 Å². The molecule has 0 aromatic carbocycles. The Morgan fingerprint density at radius 2 is 2.00 bits per heavy atom. The van der Waals surface area contributed by atoms with Crippen LogP contribution < -0.4 is 5.32 Å². The van der Waals surface area contributed by atoms with Crippen LogP contribution in [0.25, 0.3) is 0 Å². The fourth-order valence-corrected chi connectivity index (χ4v) is 3.08. The molecule has 3 atom stereocenters. The number of hydrogen-bond acceptors (Lipinski definition) is 2. The Bertz CT molecular complexity index is 191. The van der Waals surface area contributed by atoms with Crippen LogP contribution in [-0.2, 0) is 4.74 Å². The summed E-state index contributed by atoms with van der Waals surface area (Å²) in [6.45, 7) is 3.06. The molecule has 2 fully saturated rings. The summed E-state index contributed by atoms with van der Waals surface area (Å²) in [5, 5.41) is 3.71. The summed E-state index contributed by atoms with van der Waals surface area (Å²) in [7, 11) is 1.78. The number of methoxy groups -OCH3 is 1. The Kier molecular flexibility index (Phi) is 4.04. The van der Waals surface area contributed by atoms with Crippen molar-refractivity contribution in [1.82, 2.24) is 5.32 Å². The van der Waals surface area contributed by atoms with Gasteiger partial charge < -0.3 is 10.1 Å². The first kappa shape index (κ1) is 11.4. The van der Waals surface area contributed by atoms with Crippen molar-refractivity contribution in [2.24, 2.45) is 11.8 Å². The van der Waals surface area contributed by atoms with Crippen molar-refractivity contribution in [3.63, 3.8) is 0 Å². The third kappa shape index (κ3) is 3.46. The van der Waals surface area contributed by atoms with Crippen LogP contribution in [0.4, 0.5) is 0 Å². The lowest BCUT2D eigenvalue weighted by molar-refractivity contribution is 0.155. The molecule has 88 valence electrons. The van der Waals surface area contributed by atoms with E-state index in [1.54, 1.807) is 7.11 Å². The molecule has 1 N–H and O–H groups in total. The molecule has 2 aliphatic carbocycles. The first-order valence-electron chi connectivity index (χ1n) is 6.54. The predicted molar refractivity (Wildman–Crippen MR) is 62.9 cm³/mol. The molecule has 2 aliphatic rings. The monoisotopic (exact) mass is 211 g/mol. The van der Waals surface area contributed by atoms with Crippen LogP contribution in [-0.4, -0.2) is 25.8 Å². The van der Waals surface area contributed by atoms with E-state index in [0.29, 0.717) is 6.04 Å². The quantitative estimate of drug-likeness (QED) is 0.754. The van der Waals surface area contributed by atoms with E-state index in [1.165, 1.54) is 38.5 Å². The maximum atomic E-state index is 5.17. The zero-order valence-electron chi connectivity index (χ0n) is 10.2. The van der Waals surface area contributed by atoms with E-state index >= 15 is 0 Å². The van der Waals surface area contributed by atoms with Crippen molar-refractivity contribution in [3.05, 3.63) is 0 Å². The third-order valence-corrected chi connectivity index (χ3v) is 3.94. The molecule has 2 saturated carbocycles. The molecule has 0 amide bonds. The smallest absolute Gasteiger partial charge is 0.0613 e. The van der Waals surface area contributed by atoms with E-state index in [4.69, 9.17) is 4.74 Å². The van der Waals surface area contributed by atoms with Crippen molar-refractivity contribution in [1.29, 1.82) is 0 Å². The highest BCUT2D eigenvalue weighted by molar-refractivity contribution is 4.88. The number of hydrogen-bond donors (Lipinski definition) is 1. The van der Waals surface area contributed by atoms with Gasteiger partial charge >= 0.3 is 0 Å². The summed E-state index contributed by atoms with van der Waals surface area (Å²) in [4.78, 5) is 0. The molecular formula is C13H25NO. The number of nitrogens with one attached hydrogen (secondary N) is 1. The van der Waals surface area contributed by atoms with Gasteiger partial charge in [0, 0.05) is 19.2 Å². The highest BCUT2D eigenvalue weighted by atomic mass is 16.5. The predicted octanol–water partition coefficient (Wildman–Crippen LogP) is 2.58. The van der Waals surface area contributed by atoms with Gasteiger partial charge in [-0.05, 0) is 44.4 Å². The summed E-state index contributed by atoms with van der Waals surface area (Å²) in [6, 6.07) is 1.27. The van der Waals surface area contributed by atoms with E-state index in [2.05, 4.69) is 12.2 Å². The molecular weight excluding hydrogens is 186 g/mol. The van der Waals surface area contributed by atoms with Gasteiger partial charge in [0.05, 0.1) is 6.61 Å². The van der Waals surface area contributed by atoms with E-state index < -0.39 is 0 Å². The van der Waals surface area contributed by atoms with Crippen molar-refractivity contribution < 1.29 is 4.74 Å². The van der Waals surface area contributed by atoms with Gasteiger partial charge in [-0.15, -0.1) is 0 Å². The molecule has 0 aromatic heterocycles. The van der Waals surface area contributed by atoms with Crippen LogP contribution >= 0.6 is 0 Å². The van der Waals surface area contributed by atoms with Crippen molar-refractivity contribution in [2.45, 2.75) is 57.5 Å². The van der Waals surface area contributed by atoms with Crippen LogP contribution in [0, 0.1) is 11.8 Å². The molecule has 0 bridgehead atoms. The Balaban J connectivity index is 1.71. The molecule has 3 unspecified atom stereocenters. The molecule has 0 saturated heterocycles. The van der Waals surface area contributed by atoms with Gasteiger partial charge in [0.25, 0.3) is 0 Å². The van der Waals surface area contributed by atoms with Crippen LogP contribution in [0.5, 0.6) is 0 Å². The van der Waals surface area contributed by atoms with Crippen molar-refractivity contribution in [3.8, 4) is 0 Å². The number of ether oxygens (including phenoxy) is 1. The molecule has 0 aliphatic heterocycles. The fraction of sp³-hybridized carbons (Fsp3) is 1.00. The normalized spacial score (nSPS) is 34.0. The number of rotatable bonds is 5. The van der Waals surface area contributed by atoms with Gasteiger partial charge in [-0.25, -0.2) is 0 Å². The zero-order valence-corrected chi connectivity index (χ0v) is 10.2. The molecule has 0 aromatic rings. The summed E-state index contributed by atoms with van der Waals surface area (Å²) in [5.74, 6) is 2.12. The molecule has 15 heavy (non-hydrogen) atoms. The molecule has 0 heterocycles. The van der Waals surface area contributed by atoms with Crippen molar-refractivity contribution >= 4 is 0 Å². The lowest BCUT2D eigenvalue weighted by Crippen LogP contribution is -2.42. The summed E-state index contributed by atoms with van der Waals surface area (Å²) in [5.41, 5.74) is 0. The van der Waals surface area contributed by atoms with Crippen LogP contribution in [0.2, 0.25) is 0 Å². The average molecular weight is 211 g/mol. The van der Waals surface area contributed by atoms with Crippen LogP contribution in [0.3, 0.4) is 0 Å². The van der Waals surface area contributed by atoms with Crippen LogP contribution in [0.1, 0.15) is 45.4 Å². The van der Waals surface area contributed by atoms with Gasteiger partial charge in [-0.1, -0.05) is 12.8 Å². The topological polar surface area (TPSA) is 21.3 Å². The van der Waals surface area contributed by atoms with Gasteiger partial charge in [-0.3, -0.25) is 0 Å². The molecule has 0 radical (unpaired) electrons. The Labute approximate surface area is 93.8 Å². The highest BCUT2D eigenvalue weighted by Gasteiger charge is 2.34. The van der Waals surface area contributed by atoms with Crippen molar-refractivity contribution in [2.75, 3.05) is 13.7 Å². The van der Waals surface area contributed by atoms with Gasteiger partial charge in [-0.2, -0.15) is 0 Å². The average Bonchev–Trinajstić information content (AvgIpc) is 3.01. The maximum Gasteiger partial charge on any atom is 0.0613 e. The molecule has 2 rings (SSSR count). The second-order valence-electron chi connectivity index (χ2n) is 5.48. The summed E-state index contributed by atoms with van der Waals surface area (Å²) < 4.78 is 5.17. The summed E-state index contributed by atoms with van der Waals surface area (Å²) >= 11 is 0.